The molecule has 0 spiro atoms. The Kier molecular flexibility index (Phi) is 3.77. The maximum atomic E-state index is 5.99. The van der Waals surface area contributed by atoms with Gasteiger partial charge in [-0.05, 0) is 29.3 Å². The van der Waals surface area contributed by atoms with Gasteiger partial charge in [-0.25, -0.2) is 0 Å². The van der Waals surface area contributed by atoms with Crippen molar-refractivity contribution in [1.82, 2.24) is 9.88 Å². The maximum Gasteiger partial charge on any atom is 0.0481 e. The largest absolute Gasteiger partial charge is 0.350 e. The summed E-state index contributed by atoms with van der Waals surface area (Å²) in [5.74, 6) is 0. The number of hydrogen-bond acceptors (Lipinski definition) is 1. The zero-order valence-electron chi connectivity index (χ0n) is 11.4. The van der Waals surface area contributed by atoms with E-state index in [1.165, 1.54) is 22.0 Å². The number of nitrogens with zero attached hydrogens (tertiary/aromatic N) is 1. The molecule has 0 unspecified atom stereocenters. The van der Waals surface area contributed by atoms with E-state index in [0.29, 0.717) is 0 Å². The van der Waals surface area contributed by atoms with E-state index in [9.17, 15) is 0 Å². The minimum absolute atomic E-state index is 0.787. The number of benzene rings is 2. The molecule has 0 fully saturated rings. The van der Waals surface area contributed by atoms with Gasteiger partial charge in [0.15, 0.2) is 0 Å². The van der Waals surface area contributed by atoms with E-state index in [4.69, 9.17) is 11.6 Å². The predicted molar refractivity (Wildman–Crippen MR) is 84.9 cm³/mol. The molecule has 2 nitrogen and oxygen atoms in total. The van der Waals surface area contributed by atoms with Crippen LogP contribution in [0.15, 0.2) is 54.7 Å². The van der Waals surface area contributed by atoms with Gasteiger partial charge in [0.1, 0.15) is 0 Å². The lowest BCUT2D eigenvalue weighted by Gasteiger charge is -2.04. The first-order chi connectivity index (χ1) is 9.74. The number of nitrogens with one attached hydrogen (secondary N) is 1. The molecule has 0 radical (unpaired) electrons. The Bertz CT molecular complexity index is 731. The van der Waals surface area contributed by atoms with Gasteiger partial charge < -0.3 is 9.88 Å². The standard InChI is InChI=1S/C17H17ClN2/c1-20-12-14(16-7-2-3-8-17(16)20)11-19-10-13-5-4-6-15(18)9-13/h2-9,12,19H,10-11H2,1H3. The summed E-state index contributed by atoms with van der Waals surface area (Å²) in [6.45, 7) is 1.68. The van der Waals surface area contributed by atoms with E-state index in [-0.39, 0.29) is 0 Å². The first-order valence-corrected chi connectivity index (χ1v) is 7.10. The van der Waals surface area contributed by atoms with Gasteiger partial charge in [0, 0.05) is 42.3 Å². The van der Waals surface area contributed by atoms with E-state index >= 15 is 0 Å². The molecule has 3 rings (SSSR count). The summed E-state index contributed by atoms with van der Waals surface area (Å²) in [5, 5.41) is 5.58. The summed E-state index contributed by atoms with van der Waals surface area (Å²) >= 11 is 5.99. The molecule has 1 heterocycles. The van der Waals surface area contributed by atoms with Gasteiger partial charge in [0.05, 0.1) is 0 Å². The van der Waals surface area contributed by atoms with E-state index in [1.54, 1.807) is 0 Å². The quantitative estimate of drug-likeness (QED) is 0.762. The van der Waals surface area contributed by atoms with Crippen LogP contribution in [0.1, 0.15) is 11.1 Å². The highest BCUT2D eigenvalue weighted by Crippen LogP contribution is 2.20. The van der Waals surface area contributed by atoms with Crippen molar-refractivity contribution in [3.63, 3.8) is 0 Å². The van der Waals surface area contributed by atoms with Crippen LogP contribution < -0.4 is 5.32 Å². The van der Waals surface area contributed by atoms with Crippen molar-refractivity contribution in [3.8, 4) is 0 Å². The molecule has 1 aromatic heterocycles. The van der Waals surface area contributed by atoms with Crippen molar-refractivity contribution in [2.24, 2.45) is 7.05 Å². The van der Waals surface area contributed by atoms with Crippen LogP contribution in [-0.4, -0.2) is 4.57 Å². The van der Waals surface area contributed by atoms with Crippen molar-refractivity contribution in [3.05, 3.63) is 70.9 Å². The minimum Gasteiger partial charge on any atom is -0.350 e. The zero-order chi connectivity index (χ0) is 13.9. The topological polar surface area (TPSA) is 17.0 Å². The zero-order valence-corrected chi connectivity index (χ0v) is 12.2. The molecule has 2 aromatic carbocycles. The van der Waals surface area contributed by atoms with Gasteiger partial charge >= 0.3 is 0 Å². The fraction of sp³-hybridized carbons (Fsp3) is 0.176. The van der Waals surface area contributed by atoms with E-state index in [2.05, 4.69) is 53.5 Å². The van der Waals surface area contributed by atoms with Crippen LogP contribution >= 0.6 is 11.6 Å². The average molecular weight is 285 g/mol. The Hall–Kier alpha value is -1.77. The highest BCUT2D eigenvalue weighted by molar-refractivity contribution is 6.30. The molecule has 20 heavy (non-hydrogen) atoms. The molecule has 0 aliphatic rings. The Balaban J connectivity index is 1.71. The van der Waals surface area contributed by atoms with Crippen LogP contribution in [0.2, 0.25) is 5.02 Å². The van der Waals surface area contributed by atoms with Gasteiger partial charge in [-0.2, -0.15) is 0 Å². The molecule has 3 aromatic rings. The smallest absolute Gasteiger partial charge is 0.0481 e. The Labute approximate surface area is 124 Å². The molecule has 0 amide bonds. The van der Waals surface area contributed by atoms with Crippen molar-refractivity contribution >= 4 is 22.5 Å². The highest BCUT2D eigenvalue weighted by Gasteiger charge is 2.05. The summed E-state index contributed by atoms with van der Waals surface area (Å²) in [6, 6.07) is 16.4. The second kappa shape index (κ2) is 5.70. The van der Waals surface area contributed by atoms with Crippen LogP contribution in [-0.2, 0) is 20.1 Å². The molecule has 0 saturated carbocycles. The third-order valence-corrected chi connectivity index (χ3v) is 3.75. The fourth-order valence-electron chi connectivity index (χ4n) is 2.55. The predicted octanol–water partition coefficient (Wildman–Crippen LogP) is 4.12. The third kappa shape index (κ3) is 2.72. The van der Waals surface area contributed by atoms with Gasteiger partial charge in [0.2, 0.25) is 0 Å². The number of aryl methyl sites for hydroxylation is 1. The molecule has 0 atom stereocenters. The van der Waals surface area contributed by atoms with E-state index in [0.717, 1.165) is 18.1 Å². The maximum absolute atomic E-state index is 5.99. The molecule has 3 heteroatoms. The van der Waals surface area contributed by atoms with E-state index in [1.807, 2.05) is 18.2 Å². The minimum atomic E-state index is 0.787. The number of halogens is 1. The Morgan fingerprint density at radius 2 is 1.90 bits per heavy atom. The summed E-state index contributed by atoms with van der Waals surface area (Å²) < 4.78 is 2.17. The van der Waals surface area contributed by atoms with Crippen LogP contribution in [0, 0.1) is 0 Å². The summed E-state index contributed by atoms with van der Waals surface area (Å²) in [6.07, 6.45) is 2.19. The number of fused-ring (bicyclic) bond motifs is 1. The van der Waals surface area contributed by atoms with Crippen molar-refractivity contribution < 1.29 is 0 Å². The molecule has 102 valence electrons. The van der Waals surface area contributed by atoms with Crippen LogP contribution in [0.4, 0.5) is 0 Å². The first-order valence-electron chi connectivity index (χ1n) is 6.72. The lowest BCUT2D eigenvalue weighted by atomic mass is 10.1. The molecule has 1 N–H and O–H groups in total. The third-order valence-electron chi connectivity index (χ3n) is 3.51. The van der Waals surface area contributed by atoms with Crippen molar-refractivity contribution in [1.29, 1.82) is 0 Å². The molecule has 0 saturated heterocycles. The molecular weight excluding hydrogens is 268 g/mol. The highest BCUT2D eigenvalue weighted by atomic mass is 35.5. The number of rotatable bonds is 4. The number of aromatic nitrogens is 1. The SMILES string of the molecule is Cn1cc(CNCc2cccc(Cl)c2)c2ccccc21. The molecule has 0 aliphatic heterocycles. The van der Waals surface area contributed by atoms with E-state index < -0.39 is 0 Å². The first kappa shape index (κ1) is 13.2. The Morgan fingerprint density at radius 3 is 2.75 bits per heavy atom. The summed E-state index contributed by atoms with van der Waals surface area (Å²) in [4.78, 5) is 0. The summed E-state index contributed by atoms with van der Waals surface area (Å²) in [5.41, 5.74) is 3.80. The molecule has 0 aliphatic carbocycles. The lowest BCUT2D eigenvalue weighted by Crippen LogP contribution is -2.12. The average Bonchev–Trinajstić information content (AvgIpc) is 2.77. The molecular formula is C17H17ClN2. The monoisotopic (exact) mass is 284 g/mol. The second-order valence-electron chi connectivity index (χ2n) is 5.02. The fourth-order valence-corrected chi connectivity index (χ4v) is 2.77. The van der Waals surface area contributed by atoms with Gasteiger partial charge in [-0.1, -0.05) is 41.9 Å². The van der Waals surface area contributed by atoms with Gasteiger partial charge in [-0.15, -0.1) is 0 Å². The van der Waals surface area contributed by atoms with Crippen LogP contribution in [0.25, 0.3) is 10.9 Å². The van der Waals surface area contributed by atoms with Crippen LogP contribution in [0.3, 0.4) is 0 Å². The number of hydrogen-bond donors (Lipinski definition) is 1. The summed E-state index contributed by atoms with van der Waals surface area (Å²) in [7, 11) is 2.09. The van der Waals surface area contributed by atoms with Crippen LogP contribution in [0.5, 0.6) is 0 Å². The van der Waals surface area contributed by atoms with Crippen molar-refractivity contribution in [2.75, 3.05) is 0 Å². The second-order valence-corrected chi connectivity index (χ2v) is 5.45. The van der Waals surface area contributed by atoms with Crippen molar-refractivity contribution in [2.45, 2.75) is 13.1 Å². The molecule has 0 bridgehead atoms. The Morgan fingerprint density at radius 1 is 1.05 bits per heavy atom. The normalized spacial score (nSPS) is 11.1. The number of para-hydroxylation sites is 1. The van der Waals surface area contributed by atoms with Gasteiger partial charge in [0.25, 0.3) is 0 Å². The van der Waals surface area contributed by atoms with Gasteiger partial charge in [-0.3, -0.25) is 0 Å². The lowest BCUT2D eigenvalue weighted by molar-refractivity contribution is 0.694.